The normalized spacial score (nSPS) is 32.8. The average molecular weight is 228 g/mol. The highest BCUT2D eigenvalue weighted by Gasteiger charge is 2.20. The third kappa shape index (κ3) is 4.04. The molecule has 2 fully saturated rings. The van der Waals surface area contributed by atoms with E-state index in [1.807, 2.05) is 0 Å². The number of hydrogen-bond acceptors (Lipinski definition) is 3. The van der Waals surface area contributed by atoms with E-state index in [0.717, 1.165) is 38.6 Å². The average Bonchev–Trinajstić information content (AvgIpc) is 2.30. The Morgan fingerprint density at radius 1 is 1.12 bits per heavy atom. The van der Waals surface area contributed by atoms with Crippen molar-refractivity contribution in [2.24, 2.45) is 5.92 Å². The molecule has 0 aromatic heterocycles. The van der Waals surface area contributed by atoms with Crippen LogP contribution in [0.1, 0.15) is 45.4 Å². The molecule has 0 aromatic carbocycles. The van der Waals surface area contributed by atoms with Gasteiger partial charge in [-0.2, -0.15) is 0 Å². The van der Waals surface area contributed by atoms with Crippen molar-refractivity contribution in [2.45, 2.75) is 57.8 Å². The summed E-state index contributed by atoms with van der Waals surface area (Å²) in [5.74, 6) is 0.834. The second-order valence-electron chi connectivity index (χ2n) is 5.08. The van der Waals surface area contributed by atoms with E-state index in [2.05, 4.69) is 6.92 Å². The number of ether oxygens (including phenoxy) is 3. The molecule has 0 bridgehead atoms. The van der Waals surface area contributed by atoms with E-state index in [1.165, 1.54) is 25.7 Å². The van der Waals surface area contributed by atoms with E-state index < -0.39 is 0 Å². The molecule has 0 N–H and O–H groups in total. The summed E-state index contributed by atoms with van der Waals surface area (Å²) in [5, 5.41) is 0. The summed E-state index contributed by atoms with van der Waals surface area (Å²) in [4.78, 5) is 0. The second kappa shape index (κ2) is 6.58. The Morgan fingerprint density at radius 3 is 2.69 bits per heavy atom. The number of hydrogen-bond donors (Lipinski definition) is 0. The molecule has 94 valence electrons. The molecule has 2 unspecified atom stereocenters. The largest absolute Gasteiger partial charge is 0.378 e. The lowest BCUT2D eigenvalue weighted by atomic mass is 9.89. The van der Waals surface area contributed by atoms with Gasteiger partial charge in [0.05, 0.1) is 25.9 Å². The summed E-state index contributed by atoms with van der Waals surface area (Å²) >= 11 is 0. The molecule has 0 aromatic rings. The van der Waals surface area contributed by atoms with Crippen molar-refractivity contribution in [1.82, 2.24) is 0 Å². The summed E-state index contributed by atoms with van der Waals surface area (Å²) < 4.78 is 16.9. The fourth-order valence-electron chi connectivity index (χ4n) is 2.56. The van der Waals surface area contributed by atoms with Crippen LogP contribution in [0.2, 0.25) is 0 Å². The van der Waals surface area contributed by atoms with Gasteiger partial charge in [0, 0.05) is 6.42 Å². The van der Waals surface area contributed by atoms with Gasteiger partial charge in [-0.25, -0.2) is 0 Å². The van der Waals surface area contributed by atoms with Gasteiger partial charge in [0.1, 0.15) is 0 Å². The molecule has 1 aliphatic carbocycles. The Labute approximate surface area is 98.4 Å². The summed E-state index contributed by atoms with van der Waals surface area (Å²) in [7, 11) is 0. The van der Waals surface area contributed by atoms with Gasteiger partial charge >= 0.3 is 0 Å². The monoisotopic (exact) mass is 228 g/mol. The maximum Gasteiger partial charge on any atom is 0.159 e. The number of rotatable bonds is 4. The van der Waals surface area contributed by atoms with Crippen LogP contribution in [0.25, 0.3) is 0 Å². The molecule has 16 heavy (non-hydrogen) atoms. The van der Waals surface area contributed by atoms with Gasteiger partial charge in [0.15, 0.2) is 6.29 Å². The molecule has 0 radical (unpaired) electrons. The Bertz CT molecular complexity index is 190. The first-order valence-electron chi connectivity index (χ1n) is 6.69. The van der Waals surface area contributed by atoms with Gasteiger partial charge in [0.2, 0.25) is 0 Å². The van der Waals surface area contributed by atoms with Crippen molar-refractivity contribution in [3.8, 4) is 0 Å². The first-order chi connectivity index (χ1) is 7.84. The van der Waals surface area contributed by atoms with Crippen molar-refractivity contribution < 1.29 is 14.2 Å². The van der Waals surface area contributed by atoms with Crippen LogP contribution in [0.4, 0.5) is 0 Å². The van der Waals surface area contributed by atoms with Gasteiger partial charge in [-0.05, 0) is 25.2 Å². The van der Waals surface area contributed by atoms with Crippen molar-refractivity contribution in [2.75, 3.05) is 19.8 Å². The van der Waals surface area contributed by atoms with Gasteiger partial charge < -0.3 is 14.2 Å². The van der Waals surface area contributed by atoms with Crippen LogP contribution in [-0.4, -0.2) is 32.2 Å². The molecule has 2 aliphatic rings. The third-order valence-electron chi connectivity index (χ3n) is 3.49. The molecule has 2 atom stereocenters. The van der Waals surface area contributed by atoms with Gasteiger partial charge in [0.25, 0.3) is 0 Å². The van der Waals surface area contributed by atoms with Crippen molar-refractivity contribution in [3.63, 3.8) is 0 Å². The zero-order valence-electron chi connectivity index (χ0n) is 10.3. The minimum Gasteiger partial charge on any atom is -0.378 e. The summed E-state index contributed by atoms with van der Waals surface area (Å²) in [6.45, 7) is 4.78. The second-order valence-corrected chi connectivity index (χ2v) is 5.08. The molecule has 1 heterocycles. The van der Waals surface area contributed by atoms with Crippen molar-refractivity contribution >= 4 is 0 Å². The first-order valence-corrected chi connectivity index (χ1v) is 6.69. The Kier molecular flexibility index (Phi) is 5.07. The SMILES string of the molecule is CC1CCCC(OCCC2OCCCO2)C1. The molecule has 3 heteroatoms. The summed E-state index contributed by atoms with van der Waals surface area (Å²) in [5.41, 5.74) is 0. The molecule has 1 saturated carbocycles. The van der Waals surface area contributed by atoms with E-state index in [1.54, 1.807) is 0 Å². The van der Waals surface area contributed by atoms with Crippen LogP contribution >= 0.6 is 0 Å². The van der Waals surface area contributed by atoms with Crippen LogP contribution in [0.15, 0.2) is 0 Å². The fourth-order valence-corrected chi connectivity index (χ4v) is 2.56. The maximum absolute atomic E-state index is 5.90. The molecule has 2 rings (SSSR count). The molecule has 0 spiro atoms. The Morgan fingerprint density at radius 2 is 1.94 bits per heavy atom. The van der Waals surface area contributed by atoms with Crippen LogP contribution in [0.3, 0.4) is 0 Å². The fraction of sp³-hybridized carbons (Fsp3) is 1.00. The van der Waals surface area contributed by atoms with Crippen molar-refractivity contribution in [1.29, 1.82) is 0 Å². The van der Waals surface area contributed by atoms with Gasteiger partial charge in [-0.15, -0.1) is 0 Å². The smallest absolute Gasteiger partial charge is 0.159 e. The van der Waals surface area contributed by atoms with E-state index in [4.69, 9.17) is 14.2 Å². The van der Waals surface area contributed by atoms with Crippen LogP contribution in [-0.2, 0) is 14.2 Å². The molecular weight excluding hydrogens is 204 g/mol. The van der Waals surface area contributed by atoms with Crippen LogP contribution in [0, 0.1) is 5.92 Å². The molecule has 3 nitrogen and oxygen atoms in total. The highest BCUT2D eigenvalue weighted by Crippen LogP contribution is 2.25. The van der Waals surface area contributed by atoms with Crippen LogP contribution < -0.4 is 0 Å². The van der Waals surface area contributed by atoms with E-state index in [0.29, 0.717) is 6.10 Å². The quantitative estimate of drug-likeness (QED) is 0.740. The lowest BCUT2D eigenvalue weighted by Crippen LogP contribution is -2.28. The van der Waals surface area contributed by atoms with Crippen molar-refractivity contribution in [3.05, 3.63) is 0 Å². The lowest BCUT2D eigenvalue weighted by molar-refractivity contribution is -0.188. The molecule has 0 amide bonds. The van der Waals surface area contributed by atoms with Crippen LogP contribution in [0.5, 0.6) is 0 Å². The molecule has 1 aliphatic heterocycles. The minimum absolute atomic E-state index is 0.0187. The topological polar surface area (TPSA) is 27.7 Å². The zero-order chi connectivity index (χ0) is 11.2. The predicted octanol–water partition coefficient (Wildman–Crippen LogP) is 2.73. The highest BCUT2D eigenvalue weighted by atomic mass is 16.7. The third-order valence-corrected chi connectivity index (χ3v) is 3.49. The standard InChI is InChI=1S/C13H24O3/c1-11-4-2-5-12(10-11)14-9-6-13-15-7-3-8-16-13/h11-13H,2-10H2,1H3. The zero-order valence-corrected chi connectivity index (χ0v) is 10.3. The predicted molar refractivity (Wildman–Crippen MR) is 62.3 cm³/mol. The first kappa shape index (κ1) is 12.3. The van der Waals surface area contributed by atoms with E-state index >= 15 is 0 Å². The molecular formula is C13H24O3. The van der Waals surface area contributed by atoms with Gasteiger partial charge in [-0.1, -0.05) is 19.8 Å². The maximum atomic E-state index is 5.90. The minimum atomic E-state index is -0.0187. The van der Waals surface area contributed by atoms with E-state index in [-0.39, 0.29) is 6.29 Å². The lowest BCUT2D eigenvalue weighted by Gasteiger charge is -2.28. The highest BCUT2D eigenvalue weighted by molar-refractivity contribution is 4.70. The molecule has 1 saturated heterocycles. The van der Waals surface area contributed by atoms with E-state index in [9.17, 15) is 0 Å². The van der Waals surface area contributed by atoms with Gasteiger partial charge in [-0.3, -0.25) is 0 Å². The Hall–Kier alpha value is -0.120. The summed E-state index contributed by atoms with van der Waals surface area (Å²) in [6.07, 6.45) is 7.52. The Balaban J connectivity index is 1.56. The summed E-state index contributed by atoms with van der Waals surface area (Å²) in [6, 6.07) is 0.